The summed E-state index contributed by atoms with van der Waals surface area (Å²) >= 11 is 0. The second-order valence-electron chi connectivity index (χ2n) is 12.7. The number of aliphatic imine (C=N–C) groups is 2. The molecule has 24 heteroatoms. The van der Waals surface area contributed by atoms with Crippen molar-refractivity contribution in [2.75, 3.05) is 20.3 Å². The Morgan fingerprint density at radius 2 is 1.27 bits per heavy atom. The fraction of sp³-hybridized carbons (Fsp3) is 0.889. The number of carbonyl (C=O) groups excluding carboxylic acids is 1. The van der Waals surface area contributed by atoms with E-state index in [9.17, 15) is 55.9 Å². The van der Waals surface area contributed by atoms with Crippen LogP contribution in [0.25, 0.3) is 0 Å². The van der Waals surface area contributed by atoms with Crippen LogP contribution in [-0.4, -0.2) is 211 Å². The number of nitrogens with one attached hydrogen (secondary N) is 1. The number of nitrogens with zero attached hydrogens (tertiary/aromatic N) is 2. The Morgan fingerprint density at radius 3 is 1.82 bits per heavy atom. The molecule has 0 aromatic rings. The summed E-state index contributed by atoms with van der Waals surface area (Å²) in [6.07, 6.45) is -27.0. The third kappa shape index (κ3) is 8.06. The molecule has 0 bridgehead atoms. The molecule has 0 radical (unpaired) electrons. The molecule has 3 aliphatic heterocycles. The molecule has 3 heterocycles. The first kappa shape index (κ1) is 41.3. The molecule has 1 aliphatic carbocycles. The Labute approximate surface area is 290 Å². The summed E-state index contributed by atoms with van der Waals surface area (Å²) in [7, 11) is 1.36. The second kappa shape index (κ2) is 16.7. The van der Waals surface area contributed by atoms with Crippen molar-refractivity contribution in [1.29, 1.82) is 0 Å². The summed E-state index contributed by atoms with van der Waals surface area (Å²) in [6.45, 7) is -0.340. The van der Waals surface area contributed by atoms with E-state index < -0.39 is 147 Å². The minimum Gasteiger partial charge on any atom is -0.394 e. The maximum atomic E-state index is 12.3. The topological polar surface area (TPSA) is 416 Å². The highest BCUT2D eigenvalue weighted by molar-refractivity contribution is 5.76. The van der Waals surface area contributed by atoms with Crippen LogP contribution < -0.4 is 28.3 Å². The van der Waals surface area contributed by atoms with Crippen molar-refractivity contribution >= 4 is 18.2 Å². The molecular formula is C27H49N7O17. The van der Waals surface area contributed by atoms with Gasteiger partial charge in [0.2, 0.25) is 0 Å². The predicted molar refractivity (Wildman–Crippen MR) is 166 cm³/mol. The third-order valence-corrected chi connectivity index (χ3v) is 9.45. The Bertz CT molecular complexity index is 1230. The van der Waals surface area contributed by atoms with Crippen LogP contribution in [0.3, 0.4) is 0 Å². The maximum Gasteiger partial charge on any atom is 0.188 e. The monoisotopic (exact) mass is 743 g/mol. The lowest BCUT2D eigenvalue weighted by Crippen LogP contribution is -2.68. The number of likely N-dealkylation sites (N-methyl/N-ethyl adjacent to an activating group) is 1. The zero-order valence-electron chi connectivity index (χ0n) is 27.5. The third-order valence-electron chi connectivity index (χ3n) is 9.45. The molecule has 24 nitrogen and oxygen atoms in total. The van der Waals surface area contributed by atoms with Gasteiger partial charge in [-0.3, -0.25) is 4.79 Å². The number of ether oxygens (including phenoxy) is 6. The molecule has 3 saturated heterocycles. The summed E-state index contributed by atoms with van der Waals surface area (Å²) < 4.78 is 34.6. The van der Waals surface area contributed by atoms with Crippen molar-refractivity contribution in [2.45, 2.75) is 129 Å². The van der Waals surface area contributed by atoms with Crippen molar-refractivity contribution in [1.82, 2.24) is 5.32 Å². The lowest BCUT2D eigenvalue weighted by molar-refractivity contribution is -0.357. The molecule has 1 saturated carbocycles. The van der Waals surface area contributed by atoms with Gasteiger partial charge in [-0.1, -0.05) is 0 Å². The highest BCUT2D eigenvalue weighted by Crippen LogP contribution is 2.39. The largest absolute Gasteiger partial charge is 0.394 e. The molecule has 4 rings (SSSR count). The summed E-state index contributed by atoms with van der Waals surface area (Å²) in [6, 6.07) is -4.40. The first-order valence-corrected chi connectivity index (χ1v) is 15.9. The van der Waals surface area contributed by atoms with Crippen LogP contribution in [0.15, 0.2) is 9.98 Å². The quantitative estimate of drug-likeness (QED) is 0.0501. The molecular weight excluding hydrogens is 694 g/mol. The van der Waals surface area contributed by atoms with Gasteiger partial charge in [-0.15, -0.1) is 0 Å². The summed E-state index contributed by atoms with van der Waals surface area (Å²) in [4.78, 5) is 20.0. The number of aliphatic hydroxyl groups excluding tert-OH is 9. The van der Waals surface area contributed by atoms with E-state index in [-0.39, 0.29) is 6.29 Å². The average Bonchev–Trinajstić information content (AvgIpc) is 3.32. The van der Waals surface area contributed by atoms with E-state index in [1.54, 1.807) is 0 Å². The van der Waals surface area contributed by atoms with Gasteiger partial charge in [-0.2, -0.15) is 0 Å². The summed E-state index contributed by atoms with van der Waals surface area (Å²) in [5.41, 5.74) is 19.4. The Kier molecular flexibility index (Phi) is 13.5. The molecule has 51 heavy (non-hydrogen) atoms. The molecule has 0 unspecified atom stereocenters. The van der Waals surface area contributed by atoms with Crippen LogP contribution in [0.1, 0.15) is 6.92 Å². The van der Waals surface area contributed by atoms with E-state index in [1.807, 2.05) is 0 Å². The van der Waals surface area contributed by atoms with E-state index in [0.29, 0.717) is 0 Å². The minimum atomic E-state index is -2.50. The smallest absolute Gasteiger partial charge is 0.188 e. The van der Waals surface area contributed by atoms with E-state index in [4.69, 9.17) is 51.4 Å². The molecule has 4 fully saturated rings. The zero-order valence-corrected chi connectivity index (χ0v) is 27.5. The van der Waals surface area contributed by atoms with Crippen molar-refractivity contribution in [2.24, 2.45) is 32.9 Å². The first-order valence-electron chi connectivity index (χ1n) is 15.9. The van der Waals surface area contributed by atoms with Crippen LogP contribution in [0.2, 0.25) is 0 Å². The Balaban J connectivity index is 1.61. The van der Waals surface area contributed by atoms with Crippen molar-refractivity contribution in [3.8, 4) is 0 Å². The number of carbonyl (C=O) groups is 1. The fourth-order valence-electron chi connectivity index (χ4n) is 6.57. The molecule has 0 aromatic carbocycles. The van der Waals surface area contributed by atoms with E-state index in [1.165, 1.54) is 14.0 Å². The predicted octanol–water partition coefficient (Wildman–Crippen LogP) is -10.3. The number of guanidine groups is 2. The van der Waals surface area contributed by atoms with Gasteiger partial charge in [0, 0.05) is 0 Å². The van der Waals surface area contributed by atoms with Crippen LogP contribution >= 0.6 is 0 Å². The molecule has 4 aliphatic rings. The number of aldehydes is 1. The second-order valence-corrected chi connectivity index (χ2v) is 12.7. The Hall–Kier alpha value is -2.47. The van der Waals surface area contributed by atoms with E-state index >= 15 is 0 Å². The highest BCUT2D eigenvalue weighted by atomic mass is 16.8. The summed E-state index contributed by atoms with van der Waals surface area (Å²) in [5, 5.41) is 109. The number of hydrogen-bond donors (Lipinski definition) is 15. The minimum absolute atomic E-state index is 0.0944. The number of aliphatic hydroxyl groups is 10. The molecule has 294 valence electrons. The van der Waals surface area contributed by atoms with Crippen LogP contribution in [0.4, 0.5) is 0 Å². The molecule has 19 N–H and O–H groups in total. The van der Waals surface area contributed by atoms with Crippen molar-refractivity contribution < 1.29 is 84.3 Å². The maximum absolute atomic E-state index is 12.3. The molecule has 0 spiro atoms. The van der Waals surface area contributed by atoms with Gasteiger partial charge >= 0.3 is 0 Å². The fourth-order valence-corrected chi connectivity index (χ4v) is 6.57. The van der Waals surface area contributed by atoms with Crippen molar-refractivity contribution in [3.63, 3.8) is 0 Å². The van der Waals surface area contributed by atoms with Crippen LogP contribution in [0.5, 0.6) is 0 Å². The first-order chi connectivity index (χ1) is 23.9. The highest BCUT2D eigenvalue weighted by Gasteiger charge is 2.61. The normalized spacial score (nSPS) is 48.9. The number of hydrogen-bond acceptors (Lipinski definition) is 20. The van der Waals surface area contributed by atoms with Gasteiger partial charge in [0.15, 0.2) is 42.7 Å². The van der Waals surface area contributed by atoms with Crippen LogP contribution in [-0.2, 0) is 33.2 Å². The lowest BCUT2D eigenvalue weighted by Gasteiger charge is -2.48. The average molecular weight is 744 g/mol. The van der Waals surface area contributed by atoms with Crippen molar-refractivity contribution in [3.05, 3.63) is 0 Å². The van der Waals surface area contributed by atoms with Gasteiger partial charge in [0.1, 0.15) is 85.3 Å². The van der Waals surface area contributed by atoms with Gasteiger partial charge in [0.25, 0.3) is 0 Å². The number of rotatable bonds is 12. The van der Waals surface area contributed by atoms with Gasteiger partial charge < -0.3 is 108 Å². The standard InChI is InChI=1S/C27H49N7O17/c1-6-27(45,5-37)21(24(46-6)50-20-10(34-26(30)31)13(39)9(33-25(28)29)14(40)17(20)43)51-22-11(32-2)15(41)19(8(4-36)48-22)49-23-18(44)16(42)12(38)7(3-35)47-23/h5-24,32,35-36,38-45H,3-4H2,1-2H3,(H4,28,29,33)(H4,30,31,34)/t6-,7+,8-,9+,10+,11+,12+,13+,14-,15-,16-,17-,18+,19-,20+,21-,22+,23-,24+,27+/m1/s1. The summed E-state index contributed by atoms with van der Waals surface area (Å²) in [5.74, 6) is -1.11. The molecule has 0 aromatic heterocycles. The van der Waals surface area contributed by atoms with Gasteiger partial charge in [-0.05, 0) is 14.0 Å². The molecule has 0 amide bonds. The Morgan fingerprint density at radius 1 is 0.706 bits per heavy atom. The van der Waals surface area contributed by atoms with Crippen LogP contribution in [0, 0.1) is 0 Å². The lowest BCUT2D eigenvalue weighted by atomic mass is 9.81. The van der Waals surface area contributed by atoms with E-state index in [2.05, 4.69) is 15.3 Å². The van der Waals surface area contributed by atoms with Gasteiger partial charge in [-0.25, -0.2) is 9.98 Å². The van der Waals surface area contributed by atoms with E-state index in [0.717, 1.165) is 0 Å². The SMILES string of the molecule is CN[C@@H]1[C@H](O[C@@H]2[C@H](O[C@@H]3[C@H](O)[C@H](O)[C@@H](N=C(N)N)[C@H](O)[C@@H]3N=C(N)N)O[C@H](C)[C@@]2(O)C=O)O[C@H](CO)[C@@H](O[C@H]2O[C@@H](CO)[C@H](O)[C@@H](O)[C@@H]2O)[C@@H]1O. The molecule has 20 atom stereocenters. The number of nitrogens with two attached hydrogens (primary N) is 4. The van der Waals surface area contributed by atoms with Gasteiger partial charge in [0.05, 0.1) is 25.4 Å². The zero-order chi connectivity index (χ0) is 38.1.